The fraction of sp³-hybridized carbons (Fsp3) is 0.421. The molecule has 122 valence electrons. The van der Waals surface area contributed by atoms with Gasteiger partial charge >= 0.3 is 0 Å². The third kappa shape index (κ3) is 4.66. The van der Waals surface area contributed by atoms with E-state index in [0.29, 0.717) is 12.6 Å². The van der Waals surface area contributed by atoms with Crippen LogP contribution in [0.1, 0.15) is 35.7 Å². The summed E-state index contributed by atoms with van der Waals surface area (Å²) in [6.07, 6.45) is 4.45. The van der Waals surface area contributed by atoms with E-state index in [1.807, 2.05) is 17.4 Å². The van der Waals surface area contributed by atoms with Crippen molar-refractivity contribution in [1.82, 2.24) is 5.32 Å². The molecule has 1 saturated heterocycles. The lowest BCUT2D eigenvalue weighted by Gasteiger charge is -2.20. The molecular weight excluding hydrogens is 304 g/mol. The van der Waals surface area contributed by atoms with E-state index >= 15 is 0 Å². The second-order valence-corrected chi connectivity index (χ2v) is 7.21. The van der Waals surface area contributed by atoms with Crippen molar-refractivity contribution < 1.29 is 9.69 Å². The Kier molecular flexibility index (Phi) is 5.83. The Morgan fingerprint density at radius 3 is 2.87 bits per heavy atom. The number of nitrogens with one attached hydrogen (secondary N) is 2. The molecule has 4 heteroatoms. The lowest BCUT2D eigenvalue weighted by atomic mass is 10.1. The maximum absolute atomic E-state index is 12.2. The first-order valence-corrected chi connectivity index (χ1v) is 9.39. The highest BCUT2D eigenvalue weighted by Crippen LogP contribution is 2.23. The molecule has 3 rings (SSSR count). The molecule has 0 saturated carbocycles. The highest BCUT2D eigenvalue weighted by atomic mass is 32.1. The summed E-state index contributed by atoms with van der Waals surface area (Å²) in [5, 5.41) is 5.22. The zero-order chi connectivity index (χ0) is 15.9. The molecule has 1 aromatic heterocycles. The van der Waals surface area contributed by atoms with E-state index in [0.717, 1.165) is 25.9 Å². The largest absolute Gasteiger partial charge is 0.351 e. The van der Waals surface area contributed by atoms with Crippen LogP contribution in [-0.4, -0.2) is 25.5 Å². The van der Waals surface area contributed by atoms with Crippen molar-refractivity contribution in [3.63, 3.8) is 0 Å². The Morgan fingerprint density at radius 1 is 1.22 bits per heavy atom. The van der Waals surface area contributed by atoms with Crippen LogP contribution in [0, 0.1) is 0 Å². The molecule has 2 N–H and O–H groups in total. The summed E-state index contributed by atoms with van der Waals surface area (Å²) in [6, 6.07) is 15.3. The number of thiophene rings is 1. The first kappa shape index (κ1) is 16.2. The number of hydrogen-bond donors (Lipinski definition) is 2. The number of rotatable bonds is 7. The van der Waals surface area contributed by atoms with Crippen molar-refractivity contribution in [3.05, 3.63) is 58.3 Å². The zero-order valence-electron chi connectivity index (χ0n) is 13.5. The van der Waals surface area contributed by atoms with Gasteiger partial charge in [-0.3, -0.25) is 4.79 Å². The topological polar surface area (TPSA) is 33.5 Å². The minimum atomic E-state index is 0.191. The van der Waals surface area contributed by atoms with Crippen LogP contribution >= 0.6 is 11.3 Å². The van der Waals surface area contributed by atoms with Gasteiger partial charge in [-0.1, -0.05) is 36.4 Å². The van der Waals surface area contributed by atoms with Gasteiger partial charge in [-0.05, 0) is 29.9 Å². The predicted octanol–water partition coefficient (Wildman–Crippen LogP) is 2.22. The highest BCUT2D eigenvalue weighted by molar-refractivity contribution is 7.10. The number of hydrogen-bond acceptors (Lipinski definition) is 2. The Balaban J connectivity index is 1.39. The van der Waals surface area contributed by atoms with Crippen LogP contribution in [-0.2, 0) is 11.2 Å². The van der Waals surface area contributed by atoms with Gasteiger partial charge < -0.3 is 10.2 Å². The summed E-state index contributed by atoms with van der Waals surface area (Å²) in [6.45, 7) is 2.48. The number of carbonyl (C=O) groups is 1. The Hall–Kier alpha value is -1.65. The maximum Gasteiger partial charge on any atom is 0.275 e. The molecule has 1 unspecified atom stereocenters. The fourth-order valence-corrected chi connectivity index (χ4v) is 4.31. The fourth-order valence-electron chi connectivity index (χ4n) is 3.39. The third-order valence-electron chi connectivity index (χ3n) is 4.56. The van der Waals surface area contributed by atoms with E-state index < -0.39 is 0 Å². The molecular formula is C19H25N2OS+. The number of benzene rings is 1. The standard InChI is InChI=1S/C19H24N2OS/c22-19(20-12-4-9-16-7-2-1-3-8-16)15-21-13-5-10-17(21)18-11-6-14-23-18/h1-3,6-8,11,14,17H,4-5,9-10,12-13,15H2,(H,20,22)/p+1/t17-/m0/s1. The molecule has 0 aliphatic carbocycles. The van der Waals surface area contributed by atoms with Crippen molar-refractivity contribution in [2.45, 2.75) is 31.7 Å². The minimum Gasteiger partial charge on any atom is -0.351 e. The van der Waals surface area contributed by atoms with E-state index in [4.69, 9.17) is 0 Å². The number of amides is 1. The third-order valence-corrected chi connectivity index (χ3v) is 5.55. The number of carbonyl (C=O) groups excluding carboxylic acids is 1. The summed E-state index contributed by atoms with van der Waals surface area (Å²) in [7, 11) is 0. The van der Waals surface area contributed by atoms with Gasteiger partial charge in [0, 0.05) is 19.4 Å². The predicted molar refractivity (Wildman–Crippen MR) is 94.8 cm³/mol. The molecule has 1 aromatic carbocycles. The second kappa shape index (κ2) is 8.27. The summed E-state index contributed by atoms with van der Waals surface area (Å²) in [5.74, 6) is 0.191. The van der Waals surface area contributed by atoms with Gasteiger partial charge in [0.1, 0.15) is 6.04 Å². The highest BCUT2D eigenvalue weighted by Gasteiger charge is 2.31. The van der Waals surface area contributed by atoms with E-state index in [9.17, 15) is 4.79 Å². The van der Waals surface area contributed by atoms with Crippen LogP contribution in [0.25, 0.3) is 0 Å². The molecule has 2 atom stereocenters. The van der Waals surface area contributed by atoms with Crippen molar-refractivity contribution in [1.29, 1.82) is 0 Å². The van der Waals surface area contributed by atoms with Crippen molar-refractivity contribution >= 4 is 17.2 Å². The Morgan fingerprint density at radius 2 is 2.09 bits per heavy atom. The molecule has 0 bridgehead atoms. The van der Waals surface area contributed by atoms with Gasteiger partial charge in [-0.15, -0.1) is 11.3 Å². The van der Waals surface area contributed by atoms with Gasteiger partial charge in [-0.2, -0.15) is 0 Å². The van der Waals surface area contributed by atoms with Crippen molar-refractivity contribution in [2.24, 2.45) is 0 Å². The molecule has 1 aliphatic rings. The van der Waals surface area contributed by atoms with Crippen molar-refractivity contribution in [3.8, 4) is 0 Å². The van der Waals surface area contributed by atoms with Crippen molar-refractivity contribution in [2.75, 3.05) is 19.6 Å². The van der Waals surface area contributed by atoms with Gasteiger partial charge in [-0.25, -0.2) is 0 Å². The summed E-state index contributed by atoms with van der Waals surface area (Å²) in [5.41, 5.74) is 1.34. The van der Waals surface area contributed by atoms with Gasteiger partial charge in [0.05, 0.1) is 11.4 Å². The molecule has 0 radical (unpaired) electrons. The van der Waals surface area contributed by atoms with Crippen LogP contribution < -0.4 is 10.2 Å². The second-order valence-electron chi connectivity index (χ2n) is 6.23. The molecule has 2 heterocycles. The van der Waals surface area contributed by atoms with Crippen LogP contribution in [0.2, 0.25) is 0 Å². The first-order chi connectivity index (χ1) is 11.3. The quantitative estimate of drug-likeness (QED) is 0.751. The van der Waals surface area contributed by atoms with E-state index in [1.165, 1.54) is 28.2 Å². The van der Waals surface area contributed by atoms with E-state index in [2.05, 4.69) is 47.1 Å². The van der Waals surface area contributed by atoms with E-state index in [-0.39, 0.29) is 5.91 Å². The molecule has 0 spiro atoms. The van der Waals surface area contributed by atoms with Crippen LogP contribution in [0.15, 0.2) is 47.8 Å². The molecule has 2 aromatic rings. The summed E-state index contributed by atoms with van der Waals surface area (Å²) >= 11 is 1.82. The normalized spacial score (nSPS) is 20.5. The summed E-state index contributed by atoms with van der Waals surface area (Å²) < 4.78 is 0. The molecule has 1 fully saturated rings. The van der Waals surface area contributed by atoms with Crippen LogP contribution in [0.3, 0.4) is 0 Å². The smallest absolute Gasteiger partial charge is 0.275 e. The number of likely N-dealkylation sites (tertiary alicyclic amines) is 1. The monoisotopic (exact) mass is 329 g/mol. The minimum absolute atomic E-state index is 0.191. The lowest BCUT2D eigenvalue weighted by Crippen LogP contribution is -3.11. The molecule has 3 nitrogen and oxygen atoms in total. The van der Waals surface area contributed by atoms with Gasteiger partial charge in [0.15, 0.2) is 6.54 Å². The van der Waals surface area contributed by atoms with Gasteiger partial charge in [0.2, 0.25) is 0 Å². The molecule has 23 heavy (non-hydrogen) atoms. The first-order valence-electron chi connectivity index (χ1n) is 8.51. The van der Waals surface area contributed by atoms with E-state index in [1.54, 1.807) is 0 Å². The average Bonchev–Trinajstić information content (AvgIpc) is 3.23. The number of quaternary nitrogens is 1. The van der Waals surface area contributed by atoms with Gasteiger partial charge in [0.25, 0.3) is 5.91 Å². The Bertz CT molecular complexity index is 597. The average molecular weight is 329 g/mol. The molecule has 1 amide bonds. The maximum atomic E-state index is 12.2. The van der Waals surface area contributed by atoms with Crippen LogP contribution in [0.4, 0.5) is 0 Å². The van der Waals surface area contributed by atoms with Crippen LogP contribution in [0.5, 0.6) is 0 Å². The number of aryl methyl sites for hydroxylation is 1. The SMILES string of the molecule is O=C(C[NH+]1CCC[C@H]1c1cccs1)NCCCc1ccccc1. The zero-order valence-corrected chi connectivity index (χ0v) is 14.3. The summed E-state index contributed by atoms with van der Waals surface area (Å²) in [4.78, 5) is 15.0. The Labute approximate surface area is 142 Å². The lowest BCUT2D eigenvalue weighted by molar-refractivity contribution is -0.910. The molecule has 1 aliphatic heterocycles.